The lowest BCUT2D eigenvalue weighted by Crippen LogP contribution is -2.03. The average molecular weight is 231 g/mol. The summed E-state index contributed by atoms with van der Waals surface area (Å²) in [4.78, 5) is 9.10. The number of hydrogen-bond acceptors (Lipinski definition) is 5. The highest BCUT2D eigenvalue weighted by atomic mass is 32.1. The van der Waals surface area contributed by atoms with Crippen LogP contribution in [0.15, 0.2) is 29.8 Å². The van der Waals surface area contributed by atoms with Gasteiger partial charge in [0.15, 0.2) is 0 Å². The van der Waals surface area contributed by atoms with E-state index < -0.39 is 0 Å². The van der Waals surface area contributed by atoms with Crippen LogP contribution in [0.25, 0.3) is 0 Å². The summed E-state index contributed by atoms with van der Waals surface area (Å²) in [5, 5.41) is 10.7. The Balaban J connectivity index is 1.88. The second-order valence-corrected chi connectivity index (χ2v) is 4.05. The Hall–Kier alpha value is -1.93. The molecule has 2 aromatic heterocycles. The highest BCUT2D eigenvalue weighted by Gasteiger charge is 2.00. The predicted octanol–water partition coefficient (Wildman–Crippen LogP) is 2.03. The van der Waals surface area contributed by atoms with Gasteiger partial charge in [-0.1, -0.05) is 6.07 Å². The van der Waals surface area contributed by atoms with E-state index in [1.807, 2.05) is 17.5 Å². The molecule has 0 atom stereocenters. The third kappa shape index (κ3) is 2.78. The van der Waals surface area contributed by atoms with E-state index >= 15 is 0 Å². The summed E-state index contributed by atoms with van der Waals surface area (Å²) in [5.74, 6) is 0. The maximum Gasteiger partial charge on any atom is 0.317 e. The van der Waals surface area contributed by atoms with Crippen molar-refractivity contribution >= 4 is 11.3 Å². The Kier molecular flexibility index (Phi) is 3.46. The number of nitriles is 1. The maximum atomic E-state index is 8.64. The second kappa shape index (κ2) is 5.24. The van der Waals surface area contributed by atoms with E-state index in [0.717, 1.165) is 6.42 Å². The summed E-state index contributed by atoms with van der Waals surface area (Å²) in [7, 11) is 0. The number of rotatable bonds is 4. The summed E-state index contributed by atoms with van der Waals surface area (Å²) in [6.45, 7) is 0.523. The van der Waals surface area contributed by atoms with Gasteiger partial charge >= 0.3 is 6.01 Å². The summed E-state index contributed by atoms with van der Waals surface area (Å²) in [6.07, 6.45) is 2.35. The zero-order valence-electron chi connectivity index (χ0n) is 8.46. The standard InChI is InChI=1S/C11H9N3OS/c12-8-9-3-5-13-11(14-9)15-6-4-10-2-1-7-16-10/h1-3,5,7H,4,6H2. The first-order valence-electron chi connectivity index (χ1n) is 4.77. The fourth-order valence-electron chi connectivity index (χ4n) is 1.17. The van der Waals surface area contributed by atoms with Crippen LogP contribution in [0.3, 0.4) is 0 Å². The Labute approximate surface area is 97.2 Å². The minimum atomic E-state index is 0.260. The molecule has 0 aliphatic rings. The van der Waals surface area contributed by atoms with Crippen molar-refractivity contribution in [2.75, 3.05) is 6.61 Å². The predicted molar refractivity (Wildman–Crippen MR) is 60.3 cm³/mol. The Bertz CT molecular complexity index is 490. The van der Waals surface area contributed by atoms with Crippen molar-refractivity contribution in [1.82, 2.24) is 9.97 Å². The molecule has 0 aliphatic heterocycles. The zero-order valence-corrected chi connectivity index (χ0v) is 9.28. The molecule has 16 heavy (non-hydrogen) atoms. The maximum absolute atomic E-state index is 8.64. The fourth-order valence-corrected chi connectivity index (χ4v) is 1.86. The largest absolute Gasteiger partial charge is 0.463 e. The van der Waals surface area contributed by atoms with Gasteiger partial charge in [-0.3, -0.25) is 0 Å². The van der Waals surface area contributed by atoms with E-state index in [1.165, 1.54) is 11.1 Å². The van der Waals surface area contributed by atoms with Gasteiger partial charge < -0.3 is 4.74 Å². The van der Waals surface area contributed by atoms with Crippen LogP contribution in [-0.4, -0.2) is 16.6 Å². The molecule has 0 unspecified atom stereocenters. The molecule has 0 radical (unpaired) electrons. The molecule has 0 aromatic carbocycles. The normalized spacial score (nSPS) is 9.69. The first kappa shape index (κ1) is 10.6. The van der Waals surface area contributed by atoms with Crippen LogP contribution < -0.4 is 4.74 Å². The van der Waals surface area contributed by atoms with Crippen molar-refractivity contribution in [1.29, 1.82) is 5.26 Å². The van der Waals surface area contributed by atoms with Gasteiger partial charge in [-0.2, -0.15) is 10.2 Å². The molecular weight excluding hydrogens is 222 g/mol. The van der Waals surface area contributed by atoms with Crippen LogP contribution in [-0.2, 0) is 6.42 Å². The van der Waals surface area contributed by atoms with Gasteiger partial charge in [-0.25, -0.2) is 4.98 Å². The van der Waals surface area contributed by atoms with Crippen LogP contribution in [0.5, 0.6) is 6.01 Å². The Morgan fingerprint density at radius 3 is 3.12 bits per heavy atom. The summed E-state index contributed by atoms with van der Waals surface area (Å²) in [5.41, 5.74) is 0.320. The van der Waals surface area contributed by atoms with Crippen molar-refractivity contribution in [3.63, 3.8) is 0 Å². The average Bonchev–Trinajstić information content (AvgIpc) is 2.82. The second-order valence-electron chi connectivity index (χ2n) is 3.01. The van der Waals surface area contributed by atoms with Crippen molar-refractivity contribution < 1.29 is 4.74 Å². The number of thiophene rings is 1. The first-order valence-corrected chi connectivity index (χ1v) is 5.65. The van der Waals surface area contributed by atoms with Crippen molar-refractivity contribution in [2.24, 2.45) is 0 Å². The molecule has 0 amide bonds. The Morgan fingerprint density at radius 1 is 1.44 bits per heavy atom. The topological polar surface area (TPSA) is 58.8 Å². The van der Waals surface area contributed by atoms with E-state index in [1.54, 1.807) is 17.4 Å². The van der Waals surface area contributed by atoms with Gasteiger partial charge in [-0.05, 0) is 17.5 Å². The summed E-state index contributed by atoms with van der Waals surface area (Å²) >= 11 is 1.69. The SMILES string of the molecule is N#Cc1ccnc(OCCc2cccs2)n1. The van der Waals surface area contributed by atoms with Crippen LogP contribution in [0.4, 0.5) is 0 Å². The molecule has 0 saturated carbocycles. The van der Waals surface area contributed by atoms with E-state index in [0.29, 0.717) is 12.3 Å². The van der Waals surface area contributed by atoms with Gasteiger partial charge in [0.25, 0.3) is 0 Å². The zero-order chi connectivity index (χ0) is 11.2. The molecule has 0 bridgehead atoms. The van der Waals surface area contributed by atoms with Crippen LogP contribution in [0.2, 0.25) is 0 Å². The lowest BCUT2D eigenvalue weighted by Gasteiger charge is -2.02. The number of nitrogens with zero attached hydrogens (tertiary/aromatic N) is 3. The number of hydrogen-bond donors (Lipinski definition) is 0. The Morgan fingerprint density at radius 2 is 2.38 bits per heavy atom. The quantitative estimate of drug-likeness (QED) is 0.807. The molecule has 0 aliphatic carbocycles. The summed E-state index contributed by atoms with van der Waals surface area (Å²) < 4.78 is 5.36. The van der Waals surface area contributed by atoms with Crippen molar-refractivity contribution in [2.45, 2.75) is 6.42 Å². The van der Waals surface area contributed by atoms with E-state index in [4.69, 9.17) is 10.00 Å². The minimum absolute atomic E-state index is 0.260. The third-order valence-electron chi connectivity index (χ3n) is 1.91. The van der Waals surface area contributed by atoms with Crippen molar-refractivity contribution in [3.8, 4) is 12.1 Å². The minimum Gasteiger partial charge on any atom is -0.463 e. The highest BCUT2D eigenvalue weighted by molar-refractivity contribution is 7.09. The van der Waals surface area contributed by atoms with Crippen LogP contribution in [0.1, 0.15) is 10.6 Å². The van der Waals surface area contributed by atoms with Gasteiger partial charge in [0.1, 0.15) is 11.8 Å². The van der Waals surface area contributed by atoms with Crippen LogP contribution >= 0.6 is 11.3 Å². The molecule has 4 nitrogen and oxygen atoms in total. The monoisotopic (exact) mass is 231 g/mol. The molecule has 0 fully saturated rings. The van der Waals surface area contributed by atoms with Gasteiger partial charge in [0.05, 0.1) is 6.61 Å². The summed E-state index contributed by atoms with van der Waals surface area (Å²) in [6, 6.07) is 7.81. The van der Waals surface area contributed by atoms with Crippen molar-refractivity contribution in [3.05, 3.63) is 40.3 Å². The molecule has 2 rings (SSSR count). The van der Waals surface area contributed by atoms with E-state index in [-0.39, 0.29) is 6.01 Å². The smallest absolute Gasteiger partial charge is 0.317 e. The van der Waals surface area contributed by atoms with Crippen LogP contribution in [0, 0.1) is 11.3 Å². The van der Waals surface area contributed by atoms with E-state index in [9.17, 15) is 0 Å². The number of aromatic nitrogens is 2. The highest BCUT2D eigenvalue weighted by Crippen LogP contribution is 2.10. The molecule has 2 heterocycles. The van der Waals surface area contributed by atoms with Gasteiger partial charge in [-0.15, -0.1) is 11.3 Å². The molecule has 80 valence electrons. The molecule has 0 saturated heterocycles. The lowest BCUT2D eigenvalue weighted by atomic mass is 10.4. The molecule has 0 N–H and O–H groups in total. The molecule has 0 spiro atoms. The van der Waals surface area contributed by atoms with Gasteiger partial charge in [0, 0.05) is 17.5 Å². The first-order chi connectivity index (χ1) is 7.88. The number of ether oxygens (including phenoxy) is 1. The molecule has 5 heteroatoms. The molecule has 2 aromatic rings. The van der Waals surface area contributed by atoms with E-state index in [2.05, 4.69) is 16.0 Å². The molecular formula is C11H9N3OS. The van der Waals surface area contributed by atoms with Gasteiger partial charge in [0.2, 0.25) is 0 Å². The lowest BCUT2D eigenvalue weighted by molar-refractivity contribution is 0.297. The third-order valence-corrected chi connectivity index (χ3v) is 2.84. The fraction of sp³-hybridized carbons (Fsp3) is 0.182.